The minimum absolute atomic E-state index is 0.650. The Hall–Kier alpha value is -4.92. The Morgan fingerprint density at radius 3 is 1.74 bits per heavy atom. The lowest BCUT2D eigenvalue weighted by molar-refractivity contribution is 1.18. The Labute approximate surface area is 235 Å². The van der Waals surface area contributed by atoms with Crippen molar-refractivity contribution in [2.24, 2.45) is 0 Å². The molecular formula is C34H21BrN4. The smallest absolute Gasteiger partial charge is 0.160 e. The third-order valence-corrected chi connectivity index (χ3v) is 6.95. The summed E-state index contributed by atoms with van der Waals surface area (Å²) < 4.78 is 0.972. The normalized spacial score (nSPS) is 10.7. The number of nitrogens with zero attached hydrogens (tertiary/aromatic N) is 4. The average molecular weight is 565 g/mol. The number of aromatic nitrogens is 3. The molecule has 0 fully saturated rings. The van der Waals surface area contributed by atoms with E-state index in [4.69, 9.17) is 15.2 Å². The number of pyridine rings is 1. The molecule has 0 amide bonds. The van der Waals surface area contributed by atoms with Gasteiger partial charge in [0.05, 0.1) is 23.0 Å². The van der Waals surface area contributed by atoms with Crippen LogP contribution in [-0.4, -0.2) is 15.0 Å². The fraction of sp³-hybridized carbons (Fsp3) is 0. The van der Waals surface area contributed by atoms with E-state index in [1.54, 1.807) is 12.4 Å². The molecule has 0 spiro atoms. The van der Waals surface area contributed by atoms with E-state index in [-0.39, 0.29) is 0 Å². The van der Waals surface area contributed by atoms with Crippen LogP contribution in [0.4, 0.5) is 0 Å². The van der Waals surface area contributed by atoms with Crippen molar-refractivity contribution in [1.82, 2.24) is 15.0 Å². The summed E-state index contributed by atoms with van der Waals surface area (Å²) in [6, 6.07) is 40.5. The van der Waals surface area contributed by atoms with Gasteiger partial charge in [0, 0.05) is 33.6 Å². The molecule has 0 aliphatic carbocycles. The van der Waals surface area contributed by atoms with Gasteiger partial charge in [0.15, 0.2) is 5.82 Å². The summed E-state index contributed by atoms with van der Waals surface area (Å²) in [4.78, 5) is 14.1. The van der Waals surface area contributed by atoms with Gasteiger partial charge in [-0.1, -0.05) is 82.7 Å². The fourth-order valence-corrected chi connectivity index (χ4v) is 4.97. The minimum Gasteiger partial charge on any atom is -0.265 e. The molecule has 0 N–H and O–H groups in total. The maximum absolute atomic E-state index is 9.09. The van der Waals surface area contributed by atoms with E-state index in [0.29, 0.717) is 11.4 Å². The predicted octanol–water partition coefficient (Wildman–Crippen LogP) is 8.84. The van der Waals surface area contributed by atoms with Crippen molar-refractivity contribution in [3.05, 3.63) is 138 Å². The summed E-state index contributed by atoms with van der Waals surface area (Å²) in [6.45, 7) is 0. The molecule has 0 radical (unpaired) electrons. The number of halogens is 1. The maximum atomic E-state index is 9.09. The van der Waals surface area contributed by atoms with Crippen molar-refractivity contribution in [3.8, 4) is 62.2 Å². The van der Waals surface area contributed by atoms with Crippen LogP contribution in [0.1, 0.15) is 5.56 Å². The van der Waals surface area contributed by atoms with Crippen LogP contribution >= 0.6 is 15.9 Å². The zero-order valence-electron chi connectivity index (χ0n) is 20.8. The second kappa shape index (κ2) is 10.8. The molecule has 39 heavy (non-hydrogen) atoms. The first-order valence-corrected chi connectivity index (χ1v) is 13.2. The molecule has 2 aromatic heterocycles. The average Bonchev–Trinajstić information content (AvgIpc) is 3.01. The van der Waals surface area contributed by atoms with Crippen molar-refractivity contribution in [1.29, 1.82) is 5.26 Å². The molecule has 184 valence electrons. The Balaban J connectivity index is 1.45. The summed E-state index contributed by atoms with van der Waals surface area (Å²) >= 11 is 3.70. The summed E-state index contributed by atoms with van der Waals surface area (Å²) in [5, 5.41) is 9.09. The highest BCUT2D eigenvalue weighted by Gasteiger charge is 2.13. The molecular weight excluding hydrogens is 544 g/mol. The van der Waals surface area contributed by atoms with Crippen molar-refractivity contribution >= 4 is 15.9 Å². The molecule has 6 rings (SSSR count). The molecule has 6 aromatic rings. The molecule has 0 bridgehead atoms. The van der Waals surface area contributed by atoms with Crippen LogP contribution in [0.15, 0.2) is 132 Å². The lowest BCUT2D eigenvalue weighted by Gasteiger charge is -2.12. The second-order valence-electron chi connectivity index (χ2n) is 9.06. The Kier molecular flexibility index (Phi) is 6.78. The van der Waals surface area contributed by atoms with Crippen LogP contribution in [0.25, 0.3) is 56.2 Å². The Morgan fingerprint density at radius 1 is 0.513 bits per heavy atom. The van der Waals surface area contributed by atoms with Crippen LogP contribution in [-0.2, 0) is 0 Å². The van der Waals surface area contributed by atoms with E-state index in [2.05, 4.69) is 69.4 Å². The van der Waals surface area contributed by atoms with E-state index in [0.717, 1.165) is 54.8 Å². The highest BCUT2D eigenvalue weighted by molar-refractivity contribution is 9.10. The molecule has 0 aliphatic heterocycles. The van der Waals surface area contributed by atoms with Gasteiger partial charge in [-0.05, 0) is 70.8 Å². The third kappa shape index (κ3) is 5.38. The number of hydrogen-bond acceptors (Lipinski definition) is 4. The highest BCUT2D eigenvalue weighted by Crippen LogP contribution is 2.33. The number of rotatable bonds is 5. The molecule has 2 heterocycles. The van der Waals surface area contributed by atoms with Crippen LogP contribution in [0.5, 0.6) is 0 Å². The highest BCUT2D eigenvalue weighted by atomic mass is 79.9. The van der Waals surface area contributed by atoms with E-state index in [1.165, 1.54) is 0 Å². The summed E-state index contributed by atoms with van der Waals surface area (Å²) in [7, 11) is 0. The minimum atomic E-state index is 0.650. The van der Waals surface area contributed by atoms with Crippen molar-refractivity contribution in [3.63, 3.8) is 0 Å². The number of hydrogen-bond donors (Lipinski definition) is 0. The van der Waals surface area contributed by atoms with Gasteiger partial charge in [-0.15, -0.1) is 0 Å². The first-order chi connectivity index (χ1) is 19.2. The van der Waals surface area contributed by atoms with Crippen molar-refractivity contribution in [2.45, 2.75) is 0 Å². The van der Waals surface area contributed by atoms with Gasteiger partial charge in [-0.25, -0.2) is 9.97 Å². The molecule has 4 aromatic carbocycles. The van der Waals surface area contributed by atoms with Gasteiger partial charge in [-0.2, -0.15) is 5.26 Å². The molecule has 0 unspecified atom stereocenters. The van der Waals surface area contributed by atoms with Crippen molar-refractivity contribution < 1.29 is 0 Å². The lowest BCUT2D eigenvalue weighted by atomic mass is 9.99. The quantitative estimate of drug-likeness (QED) is 0.210. The van der Waals surface area contributed by atoms with Gasteiger partial charge < -0.3 is 0 Å². The van der Waals surface area contributed by atoms with E-state index in [1.807, 2.05) is 72.8 Å². The molecule has 0 saturated carbocycles. The first-order valence-electron chi connectivity index (χ1n) is 12.4. The van der Waals surface area contributed by atoms with E-state index >= 15 is 0 Å². The summed E-state index contributed by atoms with van der Waals surface area (Å²) in [6.07, 6.45) is 3.60. The second-order valence-corrected chi connectivity index (χ2v) is 9.97. The van der Waals surface area contributed by atoms with E-state index < -0.39 is 0 Å². The van der Waals surface area contributed by atoms with Gasteiger partial charge >= 0.3 is 0 Å². The van der Waals surface area contributed by atoms with Crippen LogP contribution in [0.2, 0.25) is 0 Å². The summed E-state index contributed by atoms with van der Waals surface area (Å²) in [5.74, 6) is 0.671. The monoisotopic (exact) mass is 564 g/mol. The number of benzene rings is 4. The van der Waals surface area contributed by atoms with Gasteiger partial charge in [0.2, 0.25) is 0 Å². The van der Waals surface area contributed by atoms with Gasteiger partial charge in [0.1, 0.15) is 0 Å². The van der Waals surface area contributed by atoms with Crippen LogP contribution in [0, 0.1) is 11.3 Å². The van der Waals surface area contributed by atoms with E-state index in [9.17, 15) is 0 Å². The SMILES string of the molecule is N#Cc1ccc(-c2ccc(-c3cc(-c4cc(Br)cc(-c5ccncc5)c4)nc(-c4ccccc4)n3)cc2)cc1. The molecule has 4 nitrogen and oxygen atoms in total. The Bertz CT molecular complexity index is 1790. The maximum Gasteiger partial charge on any atom is 0.160 e. The standard InChI is InChI=1S/C34H21BrN4/c35-31-19-29(26-14-16-37-17-15-26)18-30(20-31)33-21-32(38-34(39-33)28-4-2-1-3-5-28)27-12-10-25(11-13-27)24-8-6-23(22-36)7-9-24/h1-21H. The van der Waals surface area contributed by atoms with Crippen LogP contribution < -0.4 is 0 Å². The van der Waals surface area contributed by atoms with Crippen molar-refractivity contribution in [2.75, 3.05) is 0 Å². The zero-order chi connectivity index (χ0) is 26.6. The lowest BCUT2D eigenvalue weighted by Crippen LogP contribution is -1.96. The van der Waals surface area contributed by atoms with Crippen LogP contribution in [0.3, 0.4) is 0 Å². The molecule has 0 aliphatic rings. The third-order valence-electron chi connectivity index (χ3n) is 6.49. The van der Waals surface area contributed by atoms with Gasteiger partial charge in [-0.3, -0.25) is 4.98 Å². The Morgan fingerprint density at radius 2 is 1.08 bits per heavy atom. The molecule has 0 saturated heterocycles. The summed E-state index contributed by atoms with van der Waals surface area (Å²) in [5.41, 5.74) is 9.59. The zero-order valence-corrected chi connectivity index (χ0v) is 22.4. The molecule has 0 atom stereocenters. The first kappa shape index (κ1) is 24.4. The predicted molar refractivity (Wildman–Crippen MR) is 159 cm³/mol. The van der Waals surface area contributed by atoms with Gasteiger partial charge in [0.25, 0.3) is 0 Å². The number of nitriles is 1. The fourth-order valence-electron chi connectivity index (χ4n) is 4.48. The largest absolute Gasteiger partial charge is 0.265 e. The topological polar surface area (TPSA) is 62.5 Å². The molecule has 5 heteroatoms.